The molecule has 0 unspecified atom stereocenters. The van der Waals surface area contributed by atoms with Crippen molar-refractivity contribution in [3.63, 3.8) is 0 Å². The molecule has 1 amide bonds. The molecular formula is C6H3ClN4O2S. The molecule has 0 aliphatic rings. The second-order valence-electron chi connectivity index (χ2n) is 2.23. The Labute approximate surface area is 87.0 Å². The van der Waals surface area contributed by atoms with Crippen molar-refractivity contribution in [1.82, 2.24) is 14.8 Å². The van der Waals surface area contributed by atoms with E-state index in [9.17, 15) is 4.79 Å². The monoisotopic (exact) mass is 230 g/mol. The minimum atomic E-state index is -0.435. The lowest BCUT2D eigenvalue weighted by Gasteiger charge is -1.94. The zero-order chi connectivity index (χ0) is 9.97. The van der Waals surface area contributed by atoms with Crippen molar-refractivity contribution in [2.75, 3.05) is 5.32 Å². The first-order valence-electron chi connectivity index (χ1n) is 3.47. The Hall–Kier alpha value is -1.47. The summed E-state index contributed by atoms with van der Waals surface area (Å²) in [4.78, 5) is 11.4. The molecule has 72 valence electrons. The van der Waals surface area contributed by atoms with Gasteiger partial charge in [0.05, 0.1) is 0 Å². The molecule has 0 spiro atoms. The maximum Gasteiger partial charge on any atom is 0.293 e. The molecule has 0 saturated heterocycles. The van der Waals surface area contributed by atoms with Gasteiger partial charge in [-0.15, -0.1) is 0 Å². The summed E-state index contributed by atoms with van der Waals surface area (Å²) in [6.45, 7) is 0. The average molecular weight is 231 g/mol. The Bertz CT molecular complexity index is 440. The van der Waals surface area contributed by atoms with Gasteiger partial charge >= 0.3 is 0 Å². The molecule has 2 aromatic heterocycles. The van der Waals surface area contributed by atoms with Gasteiger partial charge in [-0.25, -0.2) is 0 Å². The van der Waals surface area contributed by atoms with Gasteiger partial charge in [-0.05, 0) is 28.9 Å². The molecule has 0 bridgehead atoms. The minimum Gasteiger partial charge on any atom is -0.440 e. The van der Waals surface area contributed by atoms with E-state index in [-0.39, 0.29) is 11.0 Å². The number of hydrogen-bond donors (Lipinski definition) is 1. The number of rotatable bonds is 2. The molecule has 0 aliphatic carbocycles. The standard InChI is InChI=1S/C6H3ClN4O2S/c7-4-2-1-3(13-4)5(12)8-6-9-10-11-14-6/h1-2H,(H,8,9,11,12). The summed E-state index contributed by atoms with van der Waals surface area (Å²) in [6, 6.07) is 2.95. The number of aromatic nitrogens is 3. The predicted octanol–water partition coefficient (Wildman–Crippen LogP) is 1.43. The first kappa shape index (κ1) is 9.10. The Morgan fingerprint density at radius 1 is 1.57 bits per heavy atom. The average Bonchev–Trinajstić information content (AvgIpc) is 2.75. The third-order valence-corrected chi connectivity index (χ3v) is 2.03. The Morgan fingerprint density at radius 2 is 2.43 bits per heavy atom. The normalized spacial score (nSPS) is 10.1. The number of carbonyl (C=O) groups excluding carboxylic acids is 1. The van der Waals surface area contributed by atoms with Crippen LogP contribution in [-0.2, 0) is 0 Å². The van der Waals surface area contributed by atoms with Crippen molar-refractivity contribution in [1.29, 1.82) is 0 Å². The first-order chi connectivity index (χ1) is 6.75. The van der Waals surface area contributed by atoms with Gasteiger partial charge in [-0.2, -0.15) is 0 Å². The molecule has 0 aliphatic heterocycles. The molecule has 0 aromatic carbocycles. The largest absolute Gasteiger partial charge is 0.440 e. The van der Waals surface area contributed by atoms with Crippen molar-refractivity contribution in [2.24, 2.45) is 0 Å². The van der Waals surface area contributed by atoms with Crippen LogP contribution in [-0.4, -0.2) is 20.7 Å². The SMILES string of the molecule is O=C(Nc1nnns1)c1ccc(Cl)o1. The van der Waals surface area contributed by atoms with Crippen LogP contribution in [0.3, 0.4) is 0 Å². The molecule has 14 heavy (non-hydrogen) atoms. The van der Waals surface area contributed by atoms with Crippen LogP contribution in [0.2, 0.25) is 5.22 Å². The van der Waals surface area contributed by atoms with Crippen molar-refractivity contribution in [3.8, 4) is 0 Å². The van der Waals surface area contributed by atoms with E-state index in [1.165, 1.54) is 12.1 Å². The lowest BCUT2D eigenvalue weighted by atomic mass is 10.4. The third-order valence-electron chi connectivity index (χ3n) is 1.32. The fourth-order valence-corrected chi connectivity index (χ4v) is 1.28. The molecule has 0 radical (unpaired) electrons. The van der Waals surface area contributed by atoms with Crippen LogP contribution < -0.4 is 5.32 Å². The highest BCUT2D eigenvalue weighted by Gasteiger charge is 2.12. The summed E-state index contributed by atoms with van der Waals surface area (Å²) in [5, 5.41) is 9.77. The van der Waals surface area contributed by atoms with Crippen molar-refractivity contribution < 1.29 is 9.21 Å². The first-order valence-corrected chi connectivity index (χ1v) is 4.62. The number of nitrogens with zero attached hydrogens (tertiary/aromatic N) is 3. The summed E-state index contributed by atoms with van der Waals surface area (Å²) in [5.41, 5.74) is 0. The van der Waals surface area contributed by atoms with E-state index >= 15 is 0 Å². The molecule has 1 N–H and O–H groups in total. The Balaban J connectivity index is 2.10. The van der Waals surface area contributed by atoms with Crippen LogP contribution in [0.15, 0.2) is 16.5 Å². The topological polar surface area (TPSA) is 80.9 Å². The highest BCUT2D eigenvalue weighted by Crippen LogP contribution is 2.15. The van der Waals surface area contributed by atoms with E-state index in [0.29, 0.717) is 5.13 Å². The molecule has 8 heteroatoms. The van der Waals surface area contributed by atoms with Gasteiger partial charge < -0.3 is 4.42 Å². The van der Waals surface area contributed by atoms with Gasteiger partial charge in [0.1, 0.15) is 0 Å². The molecule has 2 rings (SSSR count). The van der Waals surface area contributed by atoms with E-state index in [4.69, 9.17) is 16.0 Å². The molecule has 0 saturated carbocycles. The van der Waals surface area contributed by atoms with Crippen molar-refractivity contribution in [3.05, 3.63) is 23.1 Å². The van der Waals surface area contributed by atoms with Gasteiger partial charge in [-0.3, -0.25) is 10.1 Å². The van der Waals surface area contributed by atoms with Crippen molar-refractivity contribution >= 4 is 34.2 Å². The summed E-state index contributed by atoms with van der Waals surface area (Å²) in [5.74, 6) is -0.319. The van der Waals surface area contributed by atoms with Gasteiger partial charge in [0.2, 0.25) is 5.13 Å². The van der Waals surface area contributed by atoms with Crippen LogP contribution in [0.5, 0.6) is 0 Å². The number of hydrogen-bond acceptors (Lipinski definition) is 6. The maximum atomic E-state index is 11.4. The minimum absolute atomic E-state index is 0.116. The van der Waals surface area contributed by atoms with Gasteiger partial charge in [-0.1, -0.05) is 9.59 Å². The van der Waals surface area contributed by atoms with Gasteiger partial charge in [0.15, 0.2) is 11.0 Å². The van der Waals surface area contributed by atoms with Gasteiger partial charge in [0, 0.05) is 11.5 Å². The number of amides is 1. The lowest BCUT2D eigenvalue weighted by Crippen LogP contribution is -2.10. The highest BCUT2D eigenvalue weighted by molar-refractivity contribution is 7.09. The van der Waals surface area contributed by atoms with E-state index in [0.717, 1.165) is 11.5 Å². The Morgan fingerprint density at radius 3 is 3.00 bits per heavy atom. The number of nitrogens with one attached hydrogen (secondary N) is 1. The molecule has 0 atom stereocenters. The van der Waals surface area contributed by atoms with Crippen LogP contribution in [0.25, 0.3) is 0 Å². The number of furan rings is 1. The Kier molecular flexibility index (Phi) is 2.42. The van der Waals surface area contributed by atoms with E-state index in [1.54, 1.807) is 0 Å². The second-order valence-corrected chi connectivity index (χ2v) is 3.33. The molecule has 2 aromatic rings. The predicted molar refractivity (Wildman–Crippen MR) is 49.4 cm³/mol. The molecular weight excluding hydrogens is 228 g/mol. The molecule has 0 fully saturated rings. The van der Waals surface area contributed by atoms with E-state index < -0.39 is 5.91 Å². The van der Waals surface area contributed by atoms with Gasteiger partial charge in [0.25, 0.3) is 5.91 Å². The summed E-state index contributed by atoms with van der Waals surface area (Å²) >= 11 is 6.48. The van der Waals surface area contributed by atoms with Crippen LogP contribution in [0.1, 0.15) is 10.6 Å². The molecule has 2 heterocycles. The summed E-state index contributed by atoms with van der Waals surface area (Å²) in [6.07, 6.45) is 0. The van der Waals surface area contributed by atoms with Crippen molar-refractivity contribution in [2.45, 2.75) is 0 Å². The smallest absolute Gasteiger partial charge is 0.293 e. The van der Waals surface area contributed by atoms with Crippen LogP contribution in [0, 0.1) is 0 Å². The number of carbonyl (C=O) groups is 1. The highest BCUT2D eigenvalue weighted by atomic mass is 35.5. The summed E-state index contributed by atoms with van der Waals surface area (Å²) in [7, 11) is 0. The zero-order valence-electron chi connectivity index (χ0n) is 6.60. The number of anilines is 1. The fraction of sp³-hybridized carbons (Fsp3) is 0. The third kappa shape index (κ3) is 1.88. The lowest BCUT2D eigenvalue weighted by molar-refractivity contribution is 0.0996. The zero-order valence-corrected chi connectivity index (χ0v) is 8.17. The second kappa shape index (κ2) is 3.72. The molecule has 6 nitrogen and oxygen atoms in total. The van der Waals surface area contributed by atoms with E-state index in [2.05, 4.69) is 20.1 Å². The maximum absolute atomic E-state index is 11.4. The van der Waals surface area contributed by atoms with Crippen LogP contribution in [0.4, 0.5) is 5.13 Å². The summed E-state index contributed by atoms with van der Waals surface area (Å²) < 4.78 is 8.37. The quantitative estimate of drug-likeness (QED) is 0.844. The van der Waals surface area contributed by atoms with Crippen LogP contribution >= 0.6 is 23.1 Å². The van der Waals surface area contributed by atoms with E-state index in [1.807, 2.05) is 0 Å². The fourth-order valence-electron chi connectivity index (χ4n) is 0.777. The number of halogens is 1.